The third-order valence-corrected chi connectivity index (χ3v) is 5.65. The SMILES string of the molecule is COc1ccc(CCC(=O)N2CCc3sccc3C2)cc1Br. The lowest BCUT2D eigenvalue weighted by atomic mass is 10.1. The van der Waals surface area contributed by atoms with E-state index in [2.05, 4.69) is 27.4 Å². The molecule has 0 N–H and O–H groups in total. The minimum Gasteiger partial charge on any atom is -0.496 e. The second-order valence-electron chi connectivity index (χ2n) is 5.40. The highest BCUT2D eigenvalue weighted by Crippen LogP contribution is 2.27. The zero-order valence-corrected chi connectivity index (χ0v) is 14.9. The number of ether oxygens (including phenoxy) is 1. The summed E-state index contributed by atoms with van der Waals surface area (Å²) in [7, 11) is 1.65. The summed E-state index contributed by atoms with van der Waals surface area (Å²) in [5, 5.41) is 2.12. The Labute approximate surface area is 143 Å². The summed E-state index contributed by atoms with van der Waals surface area (Å²) in [5.41, 5.74) is 2.46. The van der Waals surface area contributed by atoms with Gasteiger partial charge < -0.3 is 9.64 Å². The number of methoxy groups -OCH3 is 1. The summed E-state index contributed by atoms with van der Waals surface area (Å²) in [5.74, 6) is 1.06. The molecule has 3 nitrogen and oxygen atoms in total. The molecule has 2 aromatic rings. The first kappa shape index (κ1) is 15.6. The summed E-state index contributed by atoms with van der Waals surface area (Å²) in [6.45, 7) is 1.61. The maximum Gasteiger partial charge on any atom is 0.223 e. The number of hydrogen-bond acceptors (Lipinski definition) is 3. The molecule has 0 atom stereocenters. The van der Waals surface area contributed by atoms with Gasteiger partial charge in [0.1, 0.15) is 5.75 Å². The topological polar surface area (TPSA) is 29.5 Å². The highest BCUT2D eigenvalue weighted by Gasteiger charge is 2.21. The molecule has 5 heteroatoms. The molecule has 0 fully saturated rings. The number of benzene rings is 1. The van der Waals surface area contributed by atoms with Crippen LogP contribution in [0, 0.1) is 0 Å². The molecule has 0 radical (unpaired) electrons. The number of halogens is 1. The van der Waals surface area contributed by atoms with Crippen LogP contribution in [0.5, 0.6) is 5.75 Å². The monoisotopic (exact) mass is 379 g/mol. The highest BCUT2D eigenvalue weighted by atomic mass is 79.9. The van der Waals surface area contributed by atoms with E-state index >= 15 is 0 Å². The predicted molar refractivity (Wildman–Crippen MR) is 92.5 cm³/mol. The lowest BCUT2D eigenvalue weighted by Gasteiger charge is -2.27. The zero-order valence-electron chi connectivity index (χ0n) is 12.5. The third-order valence-electron chi connectivity index (χ3n) is 4.00. The van der Waals surface area contributed by atoms with Gasteiger partial charge in [-0.25, -0.2) is 0 Å². The Kier molecular flexibility index (Phi) is 4.84. The minimum absolute atomic E-state index is 0.240. The second kappa shape index (κ2) is 6.84. The van der Waals surface area contributed by atoms with Crippen molar-refractivity contribution in [2.45, 2.75) is 25.8 Å². The van der Waals surface area contributed by atoms with Crippen LogP contribution in [-0.2, 0) is 24.2 Å². The molecule has 1 amide bonds. The lowest BCUT2D eigenvalue weighted by Crippen LogP contribution is -2.35. The molecule has 1 aliphatic heterocycles. The quantitative estimate of drug-likeness (QED) is 0.802. The van der Waals surface area contributed by atoms with Gasteiger partial charge >= 0.3 is 0 Å². The first-order chi connectivity index (χ1) is 10.7. The van der Waals surface area contributed by atoms with Crippen LogP contribution in [0.15, 0.2) is 34.1 Å². The van der Waals surface area contributed by atoms with Crippen molar-refractivity contribution < 1.29 is 9.53 Å². The van der Waals surface area contributed by atoms with Gasteiger partial charge in [-0.3, -0.25) is 4.79 Å². The van der Waals surface area contributed by atoms with E-state index in [0.29, 0.717) is 6.42 Å². The van der Waals surface area contributed by atoms with Gasteiger partial charge in [0.2, 0.25) is 5.91 Å². The number of hydrogen-bond donors (Lipinski definition) is 0. The second-order valence-corrected chi connectivity index (χ2v) is 7.26. The van der Waals surface area contributed by atoms with Crippen molar-refractivity contribution in [1.82, 2.24) is 4.90 Å². The number of fused-ring (bicyclic) bond motifs is 1. The smallest absolute Gasteiger partial charge is 0.223 e. The van der Waals surface area contributed by atoms with Crippen molar-refractivity contribution in [2.75, 3.05) is 13.7 Å². The lowest BCUT2D eigenvalue weighted by molar-refractivity contribution is -0.132. The number of carbonyl (C=O) groups excluding carboxylic acids is 1. The highest BCUT2D eigenvalue weighted by molar-refractivity contribution is 9.10. The normalized spacial score (nSPS) is 13.8. The molecule has 3 rings (SSSR count). The first-order valence-electron chi connectivity index (χ1n) is 7.33. The molecule has 1 aromatic carbocycles. The minimum atomic E-state index is 0.240. The number of aryl methyl sites for hydroxylation is 1. The van der Waals surface area contributed by atoms with E-state index in [0.717, 1.165) is 41.7 Å². The summed E-state index contributed by atoms with van der Waals surface area (Å²) in [6, 6.07) is 8.12. The van der Waals surface area contributed by atoms with Gasteiger partial charge in [-0.1, -0.05) is 6.07 Å². The summed E-state index contributed by atoms with van der Waals surface area (Å²) in [4.78, 5) is 15.8. The first-order valence-corrected chi connectivity index (χ1v) is 9.00. The fourth-order valence-corrected chi connectivity index (χ4v) is 4.21. The molecule has 0 saturated heterocycles. The number of rotatable bonds is 4. The van der Waals surface area contributed by atoms with E-state index in [-0.39, 0.29) is 5.91 Å². The maximum absolute atomic E-state index is 12.4. The molecule has 0 unspecified atom stereocenters. The Balaban J connectivity index is 1.58. The van der Waals surface area contributed by atoms with Crippen LogP contribution in [0.1, 0.15) is 22.4 Å². The standard InChI is InChI=1S/C17H18BrNO2S/c1-21-15-4-2-12(10-14(15)18)3-5-17(20)19-8-6-16-13(11-19)7-9-22-16/h2,4,7,9-10H,3,5-6,8,11H2,1H3. The third kappa shape index (κ3) is 3.36. The summed E-state index contributed by atoms with van der Waals surface area (Å²) in [6.07, 6.45) is 2.31. The molecule has 116 valence electrons. The average molecular weight is 380 g/mol. The van der Waals surface area contributed by atoms with Crippen molar-refractivity contribution in [3.63, 3.8) is 0 Å². The van der Waals surface area contributed by atoms with Crippen molar-refractivity contribution in [3.05, 3.63) is 50.1 Å². The molecule has 0 bridgehead atoms. The zero-order chi connectivity index (χ0) is 15.5. The number of carbonyl (C=O) groups is 1. The van der Waals surface area contributed by atoms with Crippen LogP contribution < -0.4 is 4.74 Å². The number of nitrogens with zero attached hydrogens (tertiary/aromatic N) is 1. The van der Waals surface area contributed by atoms with Crippen LogP contribution in [0.25, 0.3) is 0 Å². The van der Waals surface area contributed by atoms with Gasteiger partial charge in [0.15, 0.2) is 0 Å². The molecule has 1 aliphatic rings. The largest absolute Gasteiger partial charge is 0.496 e. The van der Waals surface area contributed by atoms with Gasteiger partial charge in [0.25, 0.3) is 0 Å². The van der Waals surface area contributed by atoms with Crippen LogP contribution in [0.4, 0.5) is 0 Å². The number of amides is 1. The molecular weight excluding hydrogens is 362 g/mol. The van der Waals surface area contributed by atoms with Crippen LogP contribution in [0.2, 0.25) is 0 Å². The average Bonchev–Trinajstić information content (AvgIpc) is 3.00. The molecule has 0 saturated carbocycles. The summed E-state index contributed by atoms with van der Waals surface area (Å²) >= 11 is 5.28. The van der Waals surface area contributed by atoms with E-state index in [1.54, 1.807) is 18.4 Å². The maximum atomic E-state index is 12.4. The fraction of sp³-hybridized carbons (Fsp3) is 0.353. The van der Waals surface area contributed by atoms with Crippen LogP contribution in [-0.4, -0.2) is 24.5 Å². The molecule has 0 aliphatic carbocycles. The fourth-order valence-electron chi connectivity index (χ4n) is 2.74. The molecule has 1 aromatic heterocycles. The Bertz CT molecular complexity index is 683. The van der Waals surface area contributed by atoms with Gasteiger partial charge in [-0.15, -0.1) is 11.3 Å². The molecule has 22 heavy (non-hydrogen) atoms. The Morgan fingerprint density at radius 1 is 1.41 bits per heavy atom. The predicted octanol–water partition coefficient (Wildman–Crippen LogP) is 4.04. The van der Waals surface area contributed by atoms with Gasteiger partial charge in [-0.05, 0) is 63.5 Å². The van der Waals surface area contributed by atoms with E-state index in [1.165, 1.54) is 10.4 Å². The van der Waals surface area contributed by atoms with Gasteiger partial charge in [-0.2, -0.15) is 0 Å². The molecular formula is C17H18BrNO2S. The number of thiophene rings is 1. The van der Waals surface area contributed by atoms with Gasteiger partial charge in [0, 0.05) is 24.4 Å². The van der Waals surface area contributed by atoms with Crippen LogP contribution in [0.3, 0.4) is 0 Å². The Morgan fingerprint density at radius 3 is 3.05 bits per heavy atom. The molecule has 2 heterocycles. The Morgan fingerprint density at radius 2 is 2.27 bits per heavy atom. The molecule has 0 spiro atoms. The van der Waals surface area contributed by atoms with E-state index in [4.69, 9.17) is 4.74 Å². The van der Waals surface area contributed by atoms with E-state index in [1.807, 2.05) is 23.1 Å². The van der Waals surface area contributed by atoms with Gasteiger partial charge in [0.05, 0.1) is 11.6 Å². The van der Waals surface area contributed by atoms with Crippen molar-refractivity contribution in [3.8, 4) is 5.75 Å². The van der Waals surface area contributed by atoms with Crippen LogP contribution >= 0.6 is 27.3 Å². The van der Waals surface area contributed by atoms with E-state index < -0.39 is 0 Å². The Hall–Kier alpha value is -1.33. The summed E-state index contributed by atoms with van der Waals surface area (Å²) < 4.78 is 6.16. The van der Waals surface area contributed by atoms with Crippen molar-refractivity contribution >= 4 is 33.2 Å². The van der Waals surface area contributed by atoms with Crippen molar-refractivity contribution in [2.24, 2.45) is 0 Å². The van der Waals surface area contributed by atoms with Crippen molar-refractivity contribution in [1.29, 1.82) is 0 Å². The van der Waals surface area contributed by atoms with E-state index in [9.17, 15) is 4.79 Å².